The minimum Gasteiger partial charge on any atom is -0.490 e. The number of ether oxygens (including phenoxy) is 4. The highest BCUT2D eigenvalue weighted by Crippen LogP contribution is 2.37. The molecule has 1 aliphatic carbocycles. The third-order valence-corrected chi connectivity index (χ3v) is 14.7. The topological polar surface area (TPSA) is 181 Å². The van der Waals surface area contributed by atoms with Gasteiger partial charge in [0.05, 0.1) is 29.3 Å². The molecule has 1 saturated carbocycles. The lowest BCUT2D eigenvalue weighted by Gasteiger charge is -2.35. The molecule has 1 saturated heterocycles. The molecule has 372 valence electrons. The highest BCUT2D eigenvalue weighted by atomic mass is 32.1. The Kier molecular flexibility index (Phi) is 17.0. The molecule has 3 heterocycles. The van der Waals surface area contributed by atoms with Crippen molar-refractivity contribution in [1.82, 2.24) is 25.1 Å². The van der Waals surface area contributed by atoms with Crippen molar-refractivity contribution in [2.24, 2.45) is 5.92 Å². The molecule has 14 nitrogen and oxygen atoms in total. The molecule has 0 radical (unpaired) electrons. The number of hydrogen-bond acceptors (Lipinski definition) is 12. The van der Waals surface area contributed by atoms with Crippen LogP contribution in [0.3, 0.4) is 0 Å². The van der Waals surface area contributed by atoms with E-state index in [4.69, 9.17) is 23.9 Å². The Morgan fingerprint density at radius 1 is 0.764 bits per heavy atom. The number of benzene rings is 4. The first-order valence-corrected chi connectivity index (χ1v) is 25.6. The predicted molar refractivity (Wildman–Crippen MR) is 275 cm³/mol. The van der Waals surface area contributed by atoms with Crippen molar-refractivity contribution in [2.75, 3.05) is 40.0 Å². The van der Waals surface area contributed by atoms with Crippen molar-refractivity contribution >= 4 is 28.9 Å². The summed E-state index contributed by atoms with van der Waals surface area (Å²) in [5, 5.41) is 27.8. The zero-order valence-electron chi connectivity index (χ0n) is 41.3. The van der Waals surface area contributed by atoms with Crippen molar-refractivity contribution in [3.8, 4) is 46.3 Å². The van der Waals surface area contributed by atoms with Gasteiger partial charge in [-0.3, -0.25) is 14.4 Å². The molecule has 0 bridgehead atoms. The molecular formula is C57H61N7O7S. The minimum absolute atomic E-state index is 0.0621. The van der Waals surface area contributed by atoms with Crippen LogP contribution in [0.4, 0.5) is 0 Å². The number of nitrogens with zero attached hydrogens (tertiary/aromatic N) is 5. The first kappa shape index (κ1) is 50.9. The lowest BCUT2D eigenvalue weighted by molar-refractivity contribution is -0.139. The lowest BCUT2D eigenvalue weighted by Crippen LogP contribution is -2.55. The number of amides is 2. The van der Waals surface area contributed by atoms with Crippen LogP contribution in [0, 0.1) is 42.4 Å². The molecule has 72 heavy (non-hydrogen) atoms. The molecule has 8 rings (SSSR count). The average Bonchev–Trinajstić information content (AvgIpc) is 4.17. The van der Waals surface area contributed by atoms with E-state index in [0.717, 1.165) is 83.8 Å². The van der Waals surface area contributed by atoms with Gasteiger partial charge in [0.1, 0.15) is 72.2 Å². The van der Waals surface area contributed by atoms with Crippen molar-refractivity contribution in [3.05, 3.63) is 147 Å². The van der Waals surface area contributed by atoms with E-state index in [1.165, 1.54) is 11.3 Å². The molecule has 1 aliphatic heterocycles. The van der Waals surface area contributed by atoms with Gasteiger partial charge < -0.3 is 39.0 Å². The maximum Gasteiger partial charge on any atom is 0.246 e. The van der Waals surface area contributed by atoms with Crippen LogP contribution in [-0.4, -0.2) is 84.2 Å². The summed E-state index contributed by atoms with van der Waals surface area (Å²) < 4.78 is 25.9. The molecule has 0 spiro atoms. The highest BCUT2D eigenvalue weighted by molar-refractivity contribution is 7.10. The van der Waals surface area contributed by atoms with Gasteiger partial charge in [-0.1, -0.05) is 55.7 Å². The summed E-state index contributed by atoms with van der Waals surface area (Å²) in [6, 6.07) is 32.9. The number of aromatic nitrogens is 2. The summed E-state index contributed by atoms with van der Waals surface area (Å²) in [5.41, 5.74) is 6.74. The standard InChI is InChI=1S/C57H61N7O7S/c1-37(60-4)55(66)62-53(43-10-6-5-7-11-43)57(67)63-27-9-14-51(63)56-61-50(36-72-56)54(65)44-12-8-13-48(32-44)71-31-30-70-47-25-23-46(24-26-47)69-29-28-68-45-21-17-41(18-22-45)35-64-38(2)49(34-59)52(39(64)3)42-19-15-40(33-58)16-20-42/h8,12-13,15-26,32,36-37,43,51,53,60H,5-7,9-11,14,27-31,35H2,1-4H3,(H,62,66)/t37-,51-,53-/m0/s1. The first-order valence-electron chi connectivity index (χ1n) is 24.7. The summed E-state index contributed by atoms with van der Waals surface area (Å²) in [7, 11) is 1.74. The van der Waals surface area contributed by atoms with Gasteiger partial charge in [0, 0.05) is 41.0 Å². The molecule has 2 aliphatic rings. The number of likely N-dealkylation sites (N-methyl/N-ethyl adjacent to an activating group) is 1. The number of carbonyl (C=O) groups excluding carboxylic acids is 3. The second-order valence-corrected chi connectivity index (χ2v) is 19.2. The second-order valence-electron chi connectivity index (χ2n) is 18.3. The fourth-order valence-corrected chi connectivity index (χ4v) is 10.6. The van der Waals surface area contributed by atoms with Gasteiger partial charge in [0.2, 0.25) is 17.6 Å². The van der Waals surface area contributed by atoms with E-state index in [0.29, 0.717) is 65.9 Å². The number of nitrogens with one attached hydrogen (secondary N) is 2. The van der Waals surface area contributed by atoms with Crippen LogP contribution in [0.2, 0.25) is 0 Å². The molecule has 2 N–H and O–H groups in total. The highest BCUT2D eigenvalue weighted by Gasteiger charge is 2.40. The fourth-order valence-electron chi connectivity index (χ4n) is 9.61. The van der Waals surface area contributed by atoms with Gasteiger partial charge in [-0.15, -0.1) is 11.3 Å². The van der Waals surface area contributed by atoms with Crippen molar-refractivity contribution in [3.63, 3.8) is 0 Å². The number of nitriles is 2. The van der Waals surface area contributed by atoms with E-state index in [1.807, 2.05) is 79.4 Å². The maximum absolute atomic E-state index is 14.2. The molecule has 3 atom stereocenters. The lowest BCUT2D eigenvalue weighted by atomic mass is 9.83. The third-order valence-electron chi connectivity index (χ3n) is 13.7. The molecule has 6 aromatic rings. The average molecular weight is 988 g/mol. The molecule has 2 fully saturated rings. The number of hydrogen-bond donors (Lipinski definition) is 2. The van der Waals surface area contributed by atoms with E-state index in [1.54, 1.807) is 55.7 Å². The number of ketones is 1. The van der Waals surface area contributed by atoms with Gasteiger partial charge in [-0.25, -0.2) is 4.98 Å². The normalized spacial score (nSPS) is 15.5. The van der Waals surface area contributed by atoms with E-state index in [-0.39, 0.29) is 42.8 Å². The molecule has 2 aromatic heterocycles. The smallest absolute Gasteiger partial charge is 0.246 e. The predicted octanol–water partition coefficient (Wildman–Crippen LogP) is 9.50. The number of carbonyl (C=O) groups is 3. The van der Waals surface area contributed by atoms with Crippen molar-refractivity contribution in [1.29, 1.82) is 10.5 Å². The Bertz CT molecular complexity index is 2910. The molecule has 2 amide bonds. The van der Waals surface area contributed by atoms with Crippen LogP contribution in [0.1, 0.15) is 107 Å². The van der Waals surface area contributed by atoms with Gasteiger partial charge in [-0.2, -0.15) is 10.5 Å². The van der Waals surface area contributed by atoms with Crippen LogP contribution in [0.15, 0.2) is 102 Å². The Balaban J connectivity index is 0.763. The van der Waals surface area contributed by atoms with E-state index >= 15 is 0 Å². The van der Waals surface area contributed by atoms with Crippen molar-refractivity contribution < 1.29 is 33.3 Å². The van der Waals surface area contributed by atoms with Gasteiger partial charge in [-0.05, 0) is 131 Å². The van der Waals surface area contributed by atoms with Gasteiger partial charge in [0.25, 0.3) is 0 Å². The van der Waals surface area contributed by atoms with Crippen LogP contribution in [0.5, 0.6) is 23.0 Å². The van der Waals surface area contributed by atoms with Crippen LogP contribution in [-0.2, 0) is 16.1 Å². The fraction of sp³-hybridized carbons (Fsp3) is 0.368. The first-order chi connectivity index (χ1) is 35.0. The summed E-state index contributed by atoms with van der Waals surface area (Å²) in [6.07, 6.45) is 6.64. The zero-order chi connectivity index (χ0) is 50.6. The monoisotopic (exact) mass is 987 g/mol. The third kappa shape index (κ3) is 12.2. The Morgan fingerprint density at radius 3 is 2.00 bits per heavy atom. The van der Waals surface area contributed by atoms with E-state index in [9.17, 15) is 24.9 Å². The Labute approximate surface area is 425 Å². The largest absolute Gasteiger partial charge is 0.490 e. The Morgan fingerprint density at radius 2 is 1.39 bits per heavy atom. The molecule has 15 heteroatoms. The van der Waals surface area contributed by atoms with E-state index < -0.39 is 12.1 Å². The van der Waals surface area contributed by atoms with Crippen LogP contribution in [0.25, 0.3) is 11.1 Å². The van der Waals surface area contributed by atoms with Crippen molar-refractivity contribution in [2.45, 2.75) is 90.4 Å². The second kappa shape index (κ2) is 24.1. The van der Waals surface area contributed by atoms with Gasteiger partial charge in [0.15, 0.2) is 0 Å². The van der Waals surface area contributed by atoms with Gasteiger partial charge >= 0.3 is 0 Å². The maximum atomic E-state index is 14.2. The molecular weight excluding hydrogens is 927 g/mol. The molecule has 0 unspecified atom stereocenters. The number of rotatable bonds is 21. The quantitative estimate of drug-likeness (QED) is 0.0518. The zero-order valence-corrected chi connectivity index (χ0v) is 42.1. The Hall–Kier alpha value is -7.46. The summed E-state index contributed by atoms with van der Waals surface area (Å²) in [4.78, 5) is 47.6. The van der Waals surface area contributed by atoms with Crippen LogP contribution < -0.4 is 29.6 Å². The number of thiazole rings is 1. The van der Waals surface area contributed by atoms with Crippen LogP contribution >= 0.6 is 11.3 Å². The number of likely N-dealkylation sites (tertiary alicyclic amines) is 1. The summed E-state index contributed by atoms with van der Waals surface area (Å²) >= 11 is 1.39. The summed E-state index contributed by atoms with van der Waals surface area (Å²) in [5.74, 6) is 2.22. The minimum atomic E-state index is -0.586. The van der Waals surface area contributed by atoms with E-state index in [2.05, 4.69) is 27.3 Å². The summed E-state index contributed by atoms with van der Waals surface area (Å²) in [6.45, 7) is 8.19. The SMILES string of the molecule is CN[C@@H](C)C(=O)N[C@H](C(=O)N1CCC[C@H]1c1nc(C(=O)c2cccc(OCCOc3ccc(OCCOc4ccc(Cn5c(C)c(C#N)c(-c6ccc(C#N)cc6)c5C)cc4)cc3)c2)cs1)C1CCCCC1. The molecule has 4 aromatic carbocycles.